The highest BCUT2D eigenvalue weighted by Crippen LogP contribution is 2.24. The molecule has 1 fully saturated rings. The second kappa shape index (κ2) is 6.43. The summed E-state index contributed by atoms with van der Waals surface area (Å²) >= 11 is 3.13. The molecular formula is C13H17BrN2O4S. The van der Waals surface area contributed by atoms with Crippen LogP contribution in [0.25, 0.3) is 0 Å². The summed E-state index contributed by atoms with van der Waals surface area (Å²) in [5, 5.41) is 8.90. The maximum absolute atomic E-state index is 12.4. The molecule has 8 heteroatoms. The predicted octanol–water partition coefficient (Wildman–Crippen LogP) is 1.52. The maximum Gasteiger partial charge on any atom is 0.335 e. The van der Waals surface area contributed by atoms with Crippen LogP contribution >= 0.6 is 15.9 Å². The highest BCUT2D eigenvalue weighted by Gasteiger charge is 2.25. The van der Waals surface area contributed by atoms with Gasteiger partial charge in [0.25, 0.3) is 0 Å². The normalized spacial score (nSPS) is 17.8. The molecule has 0 saturated carbocycles. The number of sulfonamides is 1. The highest BCUT2D eigenvalue weighted by molar-refractivity contribution is 9.10. The van der Waals surface area contributed by atoms with Crippen LogP contribution in [0.15, 0.2) is 27.6 Å². The summed E-state index contributed by atoms with van der Waals surface area (Å²) in [7, 11) is -1.65. The van der Waals surface area contributed by atoms with Crippen LogP contribution in [0.1, 0.15) is 23.2 Å². The smallest absolute Gasteiger partial charge is 0.335 e. The van der Waals surface area contributed by atoms with Crippen LogP contribution in [0, 0.1) is 0 Å². The average molecular weight is 377 g/mol. The monoisotopic (exact) mass is 376 g/mol. The minimum absolute atomic E-state index is 0.0418. The summed E-state index contributed by atoms with van der Waals surface area (Å²) in [5.74, 6) is -1.09. The van der Waals surface area contributed by atoms with Crippen LogP contribution in [-0.2, 0) is 10.0 Å². The Morgan fingerprint density at radius 1 is 1.38 bits per heavy atom. The van der Waals surface area contributed by atoms with E-state index in [1.807, 2.05) is 7.05 Å². The number of benzene rings is 1. The number of nitrogens with one attached hydrogen (secondary N) is 1. The minimum Gasteiger partial charge on any atom is -0.478 e. The second-order valence-corrected chi connectivity index (χ2v) is 7.69. The molecule has 2 rings (SSSR count). The average Bonchev–Trinajstić information content (AvgIpc) is 2.40. The number of carboxylic acids is 1. The third-order valence-corrected chi connectivity index (χ3v) is 6.01. The van der Waals surface area contributed by atoms with Crippen molar-refractivity contribution in [1.29, 1.82) is 0 Å². The molecule has 2 N–H and O–H groups in total. The number of carboxylic acid groups (broad SMARTS) is 1. The summed E-state index contributed by atoms with van der Waals surface area (Å²) in [6.45, 7) is 1.71. The van der Waals surface area contributed by atoms with E-state index in [9.17, 15) is 13.2 Å². The van der Waals surface area contributed by atoms with Gasteiger partial charge in [0.2, 0.25) is 10.0 Å². The number of nitrogens with zero attached hydrogens (tertiary/aromatic N) is 1. The van der Waals surface area contributed by atoms with Crippen molar-refractivity contribution in [2.75, 3.05) is 20.1 Å². The number of aromatic carboxylic acids is 1. The van der Waals surface area contributed by atoms with Crippen molar-refractivity contribution in [3.05, 3.63) is 28.2 Å². The molecule has 0 unspecified atom stereocenters. The van der Waals surface area contributed by atoms with Gasteiger partial charge in [-0.3, -0.25) is 0 Å². The van der Waals surface area contributed by atoms with Gasteiger partial charge < -0.3 is 10.0 Å². The Morgan fingerprint density at radius 2 is 2.00 bits per heavy atom. The Bertz CT molecular complexity index is 640. The minimum atomic E-state index is -3.66. The fourth-order valence-electron chi connectivity index (χ4n) is 2.26. The van der Waals surface area contributed by atoms with Gasteiger partial charge in [-0.2, -0.15) is 0 Å². The SMILES string of the molecule is CN1CCC(NS(=O)(=O)c2ccc(C(=O)O)cc2Br)CC1. The van der Waals surface area contributed by atoms with E-state index in [1.165, 1.54) is 18.2 Å². The van der Waals surface area contributed by atoms with Crippen LogP contribution < -0.4 is 4.72 Å². The van der Waals surface area contributed by atoms with Gasteiger partial charge in [0.15, 0.2) is 0 Å². The van der Waals surface area contributed by atoms with E-state index in [2.05, 4.69) is 25.6 Å². The first-order chi connectivity index (χ1) is 9.79. The molecule has 0 bridgehead atoms. The van der Waals surface area contributed by atoms with Crippen LogP contribution in [-0.4, -0.2) is 50.6 Å². The zero-order valence-corrected chi connectivity index (χ0v) is 13.9. The first-order valence-electron chi connectivity index (χ1n) is 6.53. The Morgan fingerprint density at radius 3 is 2.52 bits per heavy atom. The number of halogens is 1. The molecule has 0 spiro atoms. The lowest BCUT2D eigenvalue weighted by atomic mass is 10.1. The van der Waals surface area contributed by atoms with Crippen molar-refractivity contribution in [1.82, 2.24) is 9.62 Å². The molecule has 1 aliphatic heterocycles. The molecule has 0 radical (unpaired) electrons. The molecule has 1 aliphatic rings. The standard InChI is InChI=1S/C13H17BrN2O4S/c1-16-6-4-10(5-7-16)15-21(19,20)12-3-2-9(13(17)18)8-11(12)14/h2-3,8,10,15H,4-7H2,1H3,(H,17,18). The Kier molecular flexibility index (Phi) is 5.03. The van der Waals surface area contributed by atoms with Crippen LogP contribution in [0.4, 0.5) is 0 Å². The lowest BCUT2D eigenvalue weighted by molar-refractivity contribution is 0.0696. The molecular weight excluding hydrogens is 360 g/mol. The summed E-state index contributed by atoms with van der Waals surface area (Å²) < 4.78 is 27.7. The summed E-state index contributed by atoms with van der Waals surface area (Å²) in [4.78, 5) is 13.1. The number of likely N-dealkylation sites (tertiary alicyclic amines) is 1. The molecule has 1 aromatic carbocycles. The molecule has 0 aliphatic carbocycles. The van der Waals surface area contributed by atoms with Crippen LogP contribution in [0.5, 0.6) is 0 Å². The van der Waals surface area contributed by atoms with E-state index in [-0.39, 0.29) is 21.0 Å². The van der Waals surface area contributed by atoms with Crippen molar-refractivity contribution >= 4 is 31.9 Å². The first-order valence-corrected chi connectivity index (χ1v) is 8.81. The predicted molar refractivity (Wildman–Crippen MR) is 81.9 cm³/mol. The zero-order valence-electron chi connectivity index (χ0n) is 11.5. The van der Waals surface area contributed by atoms with Crippen molar-refractivity contribution in [3.8, 4) is 0 Å². The van der Waals surface area contributed by atoms with Crippen molar-refractivity contribution in [2.45, 2.75) is 23.8 Å². The molecule has 0 aromatic heterocycles. The van der Waals surface area contributed by atoms with E-state index >= 15 is 0 Å². The largest absolute Gasteiger partial charge is 0.478 e. The number of rotatable bonds is 4. The number of hydrogen-bond donors (Lipinski definition) is 2. The Hall–Kier alpha value is -0.960. The van der Waals surface area contributed by atoms with E-state index in [0.29, 0.717) is 0 Å². The van der Waals surface area contributed by atoms with Gasteiger partial charge in [-0.25, -0.2) is 17.9 Å². The van der Waals surface area contributed by atoms with Crippen LogP contribution in [0.2, 0.25) is 0 Å². The molecule has 0 amide bonds. The summed E-state index contributed by atoms with van der Waals surface area (Å²) in [5.41, 5.74) is 0.0418. The fourth-order valence-corrected chi connectivity index (χ4v) is 4.64. The van der Waals surface area contributed by atoms with Gasteiger partial charge in [0.05, 0.1) is 10.5 Å². The quantitative estimate of drug-likeness (QED) is 0.831. The molecule has 1 aromatic rings. The van der Waals surface area contributed by atoms with Gasteiger partial charge in [-0.1, -0.05) is 0 Å². The lowest BCUT2D eigenvalue weighted by Crippen LogP contribution is -2.43. The van der Waals surface area contributed by atoms with Crippen molar-refractivity contribution in [3.63, 3.8) is 0 Å². The molecule has 1 saturated heterocycles. The molecule has 116 valence electrons. The number of piperidine rings is 1. The summed E-state index contributed by atoms with van der Waals surface area (Å²) in [6.07, 6.45) is 1.53. The van der Waals surface area contributed by atoms with Crippen molar-refractivity contribution in [2.24, 2.45) is 0 Å². The third kappa shape index (κ3) is 4.03. The van der Waals surface area contributed by atoms with E-state index < -0.39 is 16.0 Å². The molecule has 0 atom stereocenters. The highest BCUT2D eigenvalue weighted by atomic mass is 79.9. The van der Waals surface area contributed by atoms with Gasteiger partial charge in [-0.05, 0) is 67.1 Å². The molecule has 21 heavy (non-hydrogen) atoms. The van der Waals surface area contributed by atoms with E-state index in [1.54, 1.807) is 0 Å². The Balaban J connectivity index is 2.18. The zero-order chi connectivity index (χ0) is 15.6. The van der Waals surface area contributed by atoms with Crippen molar-refractivity contribution < 1.29 is 18.3 Å². The second-order valence-electron chi connectivity index (χ2n) is 5.15. The Labute approximate surface area is 132 Å². The fraction of sp³-hybridized carbons (Fsp3) is 0.462. The van der Waals surface area contributed by atoms with E-state index in [4.69, 9.17) is 5.11 Å². The van der Waals surface area contributed by atoms with Gasteiger partial charge in [0.1, 0.15) is 0 Å². The molecule has 6 nitrogen and oxygen atoms in total. The topological polar surface area (TPSA) is 86.7 Å². The van der Waals surface area contributed by atoms with Gasteiger partial charge in [-0.15, -0.1) is 0 Å². The lowest BCUT2D eigenvalue weighted by Gasteiger charge is -2.29. The van der Waals surface area contributed by atoms with Gasteiger partial charge in [0, 0.05) is 10.5 Å². The third-order valence-electron chi connectivity index (χ3n) is 3.51. The number of hydrogen-bond acceptors (Lipinski definition) is 4. The first kappa shape index (κ1) is 16.4. The number of carbonyl (C=O) groups is 1. The van der Waals surface area contributed by atoms with E-state index in [0.717, 1.165) is 25.9 Å². The summed E-state index contributed by atoms with van der Waals surface area (Å²) in [6, 6.07) is 3.81. The molecule has 1 heterocycles. The van der Waals surface area contributed by atoms with Gasteiger partial charge >= 0.3 is 5.97 Å². The maximum atomic E-state index is 12.4. The van der Waals surface area contributed by atoms with Crippen LogP contribution in [0.3, 0.4) is 0 Å².